The molecule has 4 unspecified atom stereocenters. The third-order valence-electron chi connectivity index (χ3n) is 3.46. The Kier molecular flexibility index (Phi) is 3.33. The van der Waals surface area contributed by atoms with Gasteiger partial charge in [-0.3, -0.25) is 5.32 Å². The van der Waals surface area contributed by atoms with E-state index in [0.29, 0.717) is 12.0 Å². The molecule has 0 radical (unpaired) electrons. The molecule has 2 aliphatic rings. The number of piperidine rings is 1. The maximum absolute atomic E-state index is 9.62. The molecule has 3 heteroatoms. The monoisotopic (exact) mass is 213 g/mol. The molecule has 0 spiro atoms. The summed E-state index contributed by atoms with van der Waals surface area (Å²) in [5.41, 5.74) is 0. The van der Waals surface area contributed by atoms with E-state index in [1.807, 2.05) is 0 Å². The van der Waals surface area contributed by atoms with E-state index >= 15 is 0 Å². The number of hydrogen-bond donors (Lipinski definition) is 2. The van der Waals surface area contributed by atoms with Crippen LogP contribution < -0.4 is 5.32 Å². The number of rotatable bonds is 0. The fraction of sp³-hybridized carbons (Fsp3) is 0.818. The quantitative estimate of drug-likeness (QED) is 0.600. The van der Waals surface area contributed by atoms with E-state index < -0.39 is 6.23 Å². The van der Waals surface area contributed by atoms with Gasteiger partial charge in [-0.15, -0.1) is 0 Å². The Morgan fingerprint density at radius 1 is 1.29 bits per heavy atom. The van der Waals surface area contributed by atoms with E-state index in [4.69, 9.17) is 11.6 Å². The van der Waals surface area contributed by atoms with E-state index in [-0.39, 0.29) is 5.92 Å². The van der Waals surface area contributed by atoms with Gasteiger partial charge in [0, 0.05) is 23.8 Å². The lowest BCUT2D eigenvalue weighted by Crippen LogP contribution is -2.52. The third kappa shape index (κ3) is 2.06. The molecule has 1 aliphatic heterocycles. The predicted octanol–water partition coefficient (Wildman–Crippen LogP) is 1.67. The van der Waals surface area contributed by atoms with Crippen LogP contribution in [0.2, 0.25) is 0 Å². The highest BCUT2D eigenvalue weighted by atomic mass is 35.5. The minimum Gasteiger partial charge on any atom is -0.379 e. The third-order valence-corrected chi connectivity index (χ3v) is 3.57. The van der Waals surface area contributed by atoms with Gasteiger partial charge in [0.05, 0.1) is 0 Å². The van der Waals surface area contributed by atoms with E-state index in [1.165, 1.54) is 25.7 Å². The molecule has 1 aliphatic carbocycles. The Hall–Kier alpha value is -0.230. The molecule has 2 nitrogen and oxygen atoms in total. The van der Waals surface area contributed by atoms with Crippen molar-refractivity contribution in [3.8, 4) is 11.3 Å². The summed E-state index contributed by atoms with van der Waals surface area (Å²) in [7, 11) is 0. The zero-order chi connectivity index (χ0) is 9.97. The van der Waals surface area contributed by atoms with Crippen molar-refractivity contribution < 1.29 is 5.11 Å². The molecule has 1 saturated heterocycles. The first kappa shape index (κ1) is 10.3. The van der Waals surface area contributed by atoms with Crippen molar-refractivity contribution in [1.29, 1.82) is 0 Å². The smallest absolute Gasteiger partial charge is 0.106 e. The molecule has 0 bridgehead atoms. The molecule has 0 aromatic rings. The summed E-state index contributed by atoms with van der Waals surface area (Å²) in [6, 6.07) is 0.454. The van der Waals surface area contributed by atoms with E-state index in [0.717, 1.165) is 6.42 Å². The number of nitrogens with one attached hydrogen (secondary N) is 1. The summed E-state index contributed by atoms with van der Waals surface area (Å²) in [6.07, 6.45) is 5.28. The van der Waals surface area contributed by atoms with Crippen LogP contribution in [-0.2, 0) is 0 Å². The van der Waals surface area contributed by atoms with E-state index in [2.05, 4.69) is 16.6 Å². The predicted molar refractivity (Wildman–Crippen MR) is 56.6 cm³/mol. The van der Waals surface area contributed by atoms with Crippen LogP contribution in [0.15, 0.2) is 0 Å². The van der Waals surface area contributed by atoms with Crippen molar-refractivity contribution in [3.05, 3.63) is 0 Å². The second-order valence-corrected chi connectivity index (χ2v) is 4.51. The molecule has 1 heterocycles. The second kappa shape index (κ2) is 4.53. The van der Waals surface area contributed by atoms with Gasteiger partial charge in [-0.2, -0.15) is 0 Å². The lowest BCUT2D eigenvalue weighted by Gasteiger charge is -2.42. The zero-order valence-electron chi connectivity index (χ0n) is 8.17. The van der Waals surface area contributed by atoms with Gasteiger partial charge in [-0.25, -0.2) is 0 Å². The highest BCUT2D eigenvalue weighted by Gasteiger charge is 2.37. The first-order chi connectivity index (χ1) is 6.81. The van der Waals surface area contributed by atoms with Gasteiger partial charge in [-0.1, -0.05) is 18.8 Å². The van der Waals surface area contributed by atoms with Crippen molar-refractivity contribution in [2.24, 2.45) is 11.8 Å². The highest BCUT2D eigenvalue weighted by Crippen LogP contribution is 2.35. The fourth-order valence-electron chi connectivity index (χ4n) is 2.81. The van der Waals surface area contributed by atoms with Crippen LogP contribution in [0.1, 0.15) is 32.1 Å². The van der Waals surface area contributed by atoms with Crippen molar-refractivity contribution in [3.63, 3.8) is 0 Å². The first-order valence-electron chi connectivity index (χ1n) is 5.36. The van der Waals surface area contributed by atoms with E-state index in [9.17, 15) is 5.11 Å². The normalized spacial score (nSPS) is 42.1. The molecule has 2 N–H and O–H groups in total. The maximum Gasteiger partial charge on any atom is 0.106 e. The summed E-state index contributed by atoms with van der Waals surface area (Å²) < 4.78 is 0. The fourth-order valence-corrected chi connectivity index (χ4v) is 2.95. The summed E-state index contributed by atoms with van der Waals surface area (Å²) in [6.45, 7) is 0. The number of hydrogen-bond acceptors (Lipinski definition) is 2. The van der Waals surface area contributed by atoms with Gasteiger partial charge < -0.3 is 5.11 Å². The van der Waals surface area contributed by atoms with Crippen LogP contribution in [0, 0.1) is 23.1 Å². The van der Waals surface area contributed by atoms with Crippen molar-refractivity contribution >= 4 is 11.6 Å². The van der Waals surface area contributed by atoms with Gasteiger partial charge in [-0.05, 0) is 30.4 Å². The highest BCUT2D eigenvalue weighted by molar-refractivity contribution is 6.30. The standard InChI is InChI=1S/C11H16ClNO/c12-6-5-8-7-11(14)13-10-4-2-1-3-9(8)10/h8-11,13-14H,1-4,7H2. The van der Waals surface area contributed by atoms with E-state index in [1.54, 1.807) is 0 Å². The molecule has 1 saturated carbocycles. The molecule has 78 valence electrons. The SMILES string of the molecule is OC1CC(C#CCl)C2CCCCC2N1. The second-order valence-electron chi connectivity index (χ2n) is 4.32. The van der Waals surface area contributed by atoms with Gasteiger partial charge in [0.1, 0.15) is 6.23 Å². The molecule has 2 rings (SSSR count). The number of halogens is 1. The van der Waals surface area contributed by atoms with Gasteiger partial charge >= 0.3 is 0 Å². The Bertz CT molecular complexity index is 258. The van der Waals surface area contributed by atoms with Crippen molar-refractivity contribution in [2.45, 2.75) is 44.4 Å². The topological polar surface area (TPSA) is 32.3 Å². The van der Waals surface area contributed by atoms with Crippen LogP contribution in [0.4, 0.5) is 0 Å². The van der Waals surface area contributed by atoms with Crippen LogP contribution in [0.25, 0.3) is 0 Å². The first-order valence-corrected chi connectivity index (χ1v) is 5.74. The Balaban J connectivity index is 2.09. The van der Waals surface area contributed by atoms with Gasteiger partial charge in [0.2, 0.25) is 0 Å². The van der Waals surface area contributed by atoms with Crippen LogP contribution in [0.3, 0.4) is 0 Å². The Morgan fingerprint density at radius 3 is 2.86 bits per heavy atom. The average molecular weight is 214 g/mol. The number of fused-ring (bicyclic) bond motifs is 1. The summed E-state index contributed by atoms with van der Waals surface area (Å²) in [5, 5.41) is 15.3. The molecular formula is C11H16ClNO. The summed E-state index contributed by atoms with van der Waals surface area (Å²) in [4.78, 5) is 0. The molecule has 2 fully saturated rings. The van der Waals surface area contributed by atoms with Crippen LogP contribution >= 0.6 is 11.6 Å². The minimum atomic E-state index is -0.392. The maximum atomic E-state index is 9.62. The molecule has 0 aromatic carbocycles. The molecule has 0 aromatic heterocycles. The lowest BCUT2D eigenvalue weighted by molar-refractivity contribution is 0.0237. The average Bonchev–Trinajstić information content (AvgIpc) is 2.18. The number of aliphatic hydroxyl groups is 1. The lowest BCUT2D eigenvalue weighted by atomic mass is 9.73. The number of aliphatic hydroxyl groups excluding tert-OH is 1. The van der Waals surface area contributed by atoms with Gasteiger partial charge in [0.25, 0.3) is 0 Å². The summed E-state index contributed by atoms with van der Waals surface area (Å²) >= 11 is 5.45. The molecular weight excluding hydrogens is 198 g/mol. The van der Waals surface area contributed by atoms with Crippen molar-refractivity contribution in [2.75, 3.05) is 0 Å². The van der Waals surface area contributed by atoms with Gasteiger partial charge in [0.15, 0.2) is 0 Å². The minimum absolute atomic E-state index is 0.286. The Labute approximate surface area is 90.0 Å². The van der Waals surface area contributed by atoms with Crippen LogP contribution in [-0.4, -0.2) is 17.4 Å². The Morgan fingerprint density at radius 2 is 2.07 bits per heavy atom. The summed E-state index contributed by atoms with van der Waals surface area (Å²) in [5.74, 6) is 3.91. The molecule has 0 amide bonds. The zero-order valence-corrected chi connectivity index (χ0v) is 8.93. The van der Waals surface area contributed by atoms with Crippen molar-refractivity contribution in [1.82, 2.24) is 5.32 Å². The molecule has 14 heavy (non-hydrogen) atoms. The van der Waals surface area contributed by atoms with Crippen LogP contribution in [0.5, 0.6) is 0 Å². The largest absolute Gasteiger partial charge is 0.379 e. The molecule has 4 atom stereocenters.